The maximum absolute atomic E-state index is 12.6. The number of hydrogen-bond acceptors (Lipinski definition) is 7. The number of benzene rings is 1. The minimum absolute atomic E-state index is 0.0100. The van der Waals surface area contributed by atoms with Gasteiger partial charge in [-0.2, -0.15) is 10.2 Å². The van der Waals surface area contributed by atoms with Crippen LogP contribution in [0.4, 0.5) is 11.6 Å². The van der Waals surface area contributed by atoms with E-state index < -0.39 is 0 Å². The van der Waals surface area contributed by atoms with E-state index in [4.69, 9.17) is 13.6 Å². The number of nitriles is 1. The Labute approximate surface area is 167 Å². The Balaban J connectivity index is 1.39. The molecule has 1 amide bonds. The number of ether oxygens (including phenoxy) is 1. The number of carbonyl (C=O) groups is 1. The molecule has 1 aliphatic heterocycles. The van der Waals surface area contributed by atoms with Crippen LogP contribution in [0, 0.1) is 17.2 Å². The smallest absolute Gasteiger partial charge is 0.266 e. The normalized spacial score (nSPS) is 14.4. The summed E-state index contributed by atoms with van der Waals surface area (Å²) in [5.41, 5.74) is 0.959. The number of hydrogen-bond donors (Lipinski definition) is 1. The van der Waals surface area contributed by atoms with Gasteiger partial charge in [-0.05, 0) is 49.2 Å². The second-order valence-corrected chi connectivity index (χ2v) is 6.74. The van der Waals surface area contributed by atoms with E-state index >= 15 is 0 Å². The highest BCUT2D eigenvalue weighted by molar-refractivity contribution is 5.92. The van der Waals surface area contributed by atoms with E-state index in [2.05, 4.69) is 16.4 Å². The van der Waals surface area contributed by atoms with Crippen molar-refractivity contribution in [1.29, 1.82) is 5.26 Å². The lowest BCUT2D eigenvalue weighted by molar-refractivity contribution is -0.120. The number of nitrogens with zero attached hydrogens (tertiary/aromatic N) is 3. The SMILES string of the molecule is COc1ccc(NC(=O)C2CCN(c3oc(-c4ccco4)nc3C#N)CC2)cc1. The van der Waals surface area contributed by atoms with Gasteiger partial charge in [0.1, 0.15) is 11.8 Å². The molecule has 3 aromatic rings. The maximum atomic E-state index is 12.6. The van der Waals surface area contributed by atoms with Crippen molar-refractivity contribution in [2.75, 3.05) is 30.4 Å². The average molecular weight is 392 g/mol. The zero-order chi connectivity index (χ0) is 20.2. The zero-order valence-electron chi connectivity index (χ0n) is 15.9. The molecule has 3 heterocycles. The van der Waals surface area contributed by atoms with Gasteiger partial charge in [-0.25, -0.2) is 0 Å². The van der Waals surface area contributed by atoms with Crippen molar-refractivity contribution >= 4 is 17.5 Å². The largest absolute Gasteiger partial charge is 0.497 e. The lowest BCUT2D eigenvalue weighted by Crippen LogP contribution is -2.38. The molecule has 148 valence electrons. The molecule has 0 spiro atoms. The van der Waals surface area contributed by atoms with Crippen LogP contribution in [0.2, 0.25) is 0 Å². The molecule has 1 N–H and O–H groups in total. The summed E-state index contributed by atoms with van der Waals surface area (Å²) < 4.78 is 16.2. The van der Waals surface area contributed by atoms with E-state index in [1.807, 2.05) is 29.2 Å². The Morgan fingerprint density at radius 1 is 1.28 bits per heavy atom. The third-order valence-electron chi connectivity index (χ3n) is 4.96. The van der Waals surface area contributed by atoms with Crippen LogP contribution in [0.3, 0.4) is 0 Å². The number of nitrogens with one attached hydrogen (secondary N) is 1. The molecule has 8 nitrogen and oxygen atoms in total. The number of anilines is 2. The number of piperidine rings is 1. The van der Waals surface area contributed by atoms with Crippen molar-refractivity contribution in [3.05, 3.63) is 48.4 Å². The van der Waals surface area contributed by atoms with Crippen LogP contribution in [0.25, 0.3) is 11.7 Å². The lowest BCUT2D eigenvalue weighted by atomic mass is 9.96. The molecular weight excluding hydrogens is 372 g/mol. The van der Waals surface area contributed by atoms with Crippen LogP contribution in [0.1, 0.15) is 18.5 Å². The zero-order valence-corrected chi connectivity index (χ0v) is 15.9. The standard InChI is InChI=1S/C21H20N4O4/c1-27-16-6-4-15(5-7-16)23-19(26)14-8-10-25(11-9-14)21-17(13-22)24-20(29-21)18-3-2-12-28-18/h2-7,12,14H,8-11H2,1H3,(H,23,26). The summed E-state index contributed by atoms with van der Waals surface area (Å²) in [7, 11) is 1.60. The fourth-order valence-corrected chi connectivity index (χ4v) is 3.37. The molecule has 0 unspecified atom stereocenters. The molecule has 2 aromatic heterocycles. The van der Waals surface area contributed by atoms with Crippen molar-refractivity contribution in [2.45, 2.75) is 12.8 Å². The molecule has 1 saturated heterocycles. The third-order valence-corrected chi connectivity index (χ3v) is 4.96. The van der Waals surface area contributed by atoms with Crippen molar-refractivity contribution < 1.29 is 18.4 Å². The third kappa shape index (κ3) is 3.94. The number of aromatic nitrogens is 1. The molecule has 0 atom stereocenters. The van der Waals surface area contributed by atoms with E-state index in [0.717, 1.165) is 11.4 Å². The summed E-state index contributed by atoms with van der Waals surface area (Å²) in [6.07, 6.45) is 2.84. The van der Waals surface area contributed by atoms with Gasteiger partial charge in [0, 0.05) is 24.7 Å². The van der Waals surface area contributed by atoms with Crippen LogP contribution in [0.5, 0.6) is 5.75 Å². The van der Waals surface area contributed by atoms with Crippen LogP contribution in [-0.2, 0) is 4.79 Å². The highest BCUT2D eigenvalue weighted by Crippen LogP contribution is 2.31. The summed E-state index contributed by atoms with van der Waals surface area (Å²) in [4.78, 5) is 18.8. The van der Waals surface area contributed by atoms with E-state index in [9.17, 15) is 10.1 Å². The van der Waals surface area contributed by atoms with Gasteiger partial charge < -0.3 is 23.8 Å². The molecule has 1 aliphatic rings. The van der Waals surface area contributed by atoms with Gasteiger partial charge in [0.2, 0.25) is 17.5 Å². The van der Waals surface area contributed by atoms with Crippen molar-refractivity contribution in [3.8, 4) is 23.5 Å². The number of furan rings is 1. The minimum atomic E-state index is -0.105. The number of methoxy groups -OCH3 is 1. The molecule has 0 saturated carbocycles. The Hall–Kier alpha value is -3.73. The minimum Gasteiger partial charge on any atom is -0.497 e. The fourth-order valence-electron chi connectivity index (χ4n) is 3.37. The van der Waals surface area contributed by atoms with Gasteiger partial charge in [-0.1, -0.05) is 0 Å². The van der Waals surface area contributed by atoms with Crippen molar-refractivity contribution in [1.82, 2.24) is 4.98 Å². The number of oxazole rings is 1. The highest BCUT2D eigenvalue weighted by atomic mass is 16.5. The number of rotatable bonds is 5. The summed E-state index contributed by atoms with van der Waals surface area (Å²) in [5, 5.41) is 12.3. The van der Waals surface area contributed by atoms with Gasteiger partial charge in [-0.3, -0.25) is 4.79 Å². The van der Waals surface area contributed by atoms with Crippen LogP contribution in [-0.4, -0.2) is 31.1 Å². The molecule has 0 bridgehead atoms. The second kappa shape index (κ2) is 8.10. The number of carbonyl (C=O) groups excluding carboxylic acids is 1. The first kappa shape index (κ1) is 18.6. The monoisotopic (exact) mass is 392 g/mol. The quantitative estimate of drug-likeness (QED) is 0.706. The summed E-state index contributed by atoms with van der Waals surface area (Å²) in [6.45, 7) is 1.20. The van der Waals surface area contributed by atoms with E-state index in [-0.39, 0.29) is 23.4 Å². The topological polar surface area (TPSA) is 105 Å². The average Bonchev–Trinajstić information content (AvgIpc) is 3.44. The highest BCUT2D eigenvalue weighted by Gasteiger charge is 2.29. The Kier molecular flexibility index (Phi) is 5.20. The Morgan fingerprint density at radius 2 is 2.03 bits per heavy atom. The summed E-state index contributed by atoms with van der Waals surface area (Å²) in [6, 6.07) is 12.8. The van der Waals surface area contributed by atoms with Crippen LogP contribution < -0.4 is 15.0 Å². The second-order valence-electron chi connectivity index (χ2n) is 6.74. The lowest BCUT2D eigenvalue weighted by Gasteiger charge is -2.30. The molecule has 1 aromatic carbocycles. The van der Waals surface area contributed by atoms with Gasteiger partial charge in [0.15, 0.2) is 5.76 Å². The van der Waals surface area contributed by atoms with E-state index in [1.54, 1.807) is 19.2 Å². The van der Waals surface area contributed by atoms with Gasteiger partial charge in [0.25, 0.3) is 5.89 Å². The predicted octanol–water partition coefficient (Wildman–Crippen LogP) is 3.67. The van der Waals surface area contributed by atoms with Crippen molar-refractivity contribution in [3.63, 3.8) is 0 Å². The predicted molar refractivity (Wildman–Crippen MR) is 105 cm³/mol. The van der Waals surface area contributed by atoms with Crippen LogP contribution >= 0.6 is 0 Å². The Bertz CT molecular complexity index is 1010. The van der Waals surface area contributed by atoms with E-state index in [0.29, 0.717) is 37.6 Å². The summed E-state index contributed by atoms with van der Waals surface area (Å²) >= 11 is 0. The van der Waals surface area contributed by atoms with Crippen LogP contribution in [0.15, 0.2) is 51.5 Å². The van der Waals surface area contributed by atoms with Gasteiger partial charge >= 0.3 is 0 Å². The van der Waals surface area contributed by atoms with Crippen molar-refractivity contribution in [2.24, 2.45) is 5.92 Å². The van der Waals surface area contributed by atoms with E-state index in [1.165, 1.54) is 6.26 Å². The molecule has 0 radical (unpaired) electrons. The first-order chi connectivity index (χ1) is 14.2. The Morgan fingerprint density at radius 3 is 2.66 bits per heavy atom. The molecule has 4 rings (SSSR count). The molecule has 8 heteroatoms. The molecule has 0 aliphatic carbocycles. The fraction of sp³-hybridized carbons (Fsp3) is 0.286. The summed E-state index contributed by atoms with van der Waals surface area (Å²) in [5.74, 6) is 1.80. The first-order valence-corrected chi connectivity index (χ1v) is 9.32. The van der Waals surface area contributed by atoms with Gasteiger partial charge in [0.05, 0.1) is 13.4 Å². The molecular formula is C21H20N4O4. The first-order valence-electron chi connectivity index (χ1n) is 9.32. The number of amides is 1. The molecule has 1 fully saturated rings. The maximum Gasteiger partial charge on any atom is 0.266 e. The molecule has 29 heavy (non-hydrogen) atoms. The van der Waals surface area contributed by atoms with Gasteiger partial charge in [-0.15, -0.1) is 0 Å².